The van der Waals surface area contributed by atoms with E-state index < -0.39 is 0 Å². The molecule has 1 aliphatic heterocycles. The minimum atomic E-state index is -0.313. The molecule has 2 atom stereocenters. The summed E-state index contributed by atoms with van der Waals surface area (Å²) in [5, 5.41) is 0. The lowest BCUT2D eigenvalue weighted by Crippen LogP contribution is -2.14. The van der Waals surface area contributed by atoms with Crippen LogP contribution in [0.1, 0.15) is 49.0 Å². The second-order valence-electron chi connectivity index (χ2n) is 4.19. The highest BCUT2D eigenvalue weighted by molar-refractivity contribution is 6.04. The maximum absolute atomic E-state index is 11.7. The van der Waals surface area contributed by atoms with E-state index >= 15 is 0 Å². The zero-order valence-corrected chi connectivity index (χ0v) is 9.41. The lowest BCUT2D eigenvalue weighted by Gasteiger charge is -2.09. The van der Waals surface area contributed by atoms with Crippen molar-refractivity contribution in [1.29, 1.82) is 0 Å². The van der Waals surface area contributed by atoms with Gasteiger partial charge in [-0.15, -0.1) is 0 Å². The average Bonchev–Trinajstić information content (AvgIpc) is 2.54. The molecule has 0 radical (unpaired) electrons. The number of fused-ring (bicyclic) bond motifs is 1. The van der Waals surface area contributed by atoms with Crippen LogP contribution in [0.15, 0.2) is 18.2 Å². The third-order valence-corrected chi connectivity index (χ3v) is 3.12. The van der Waals surface area contributed by atoms with Crippen LogP contribution < -0.4 is 4.74 Å². The monoisotopic (exact) mass is 204 g/mol. The van der Waals surface area contributed by atoms with Gasteiger partial charge in [0.2, 0.25) is 5.78 Å². The predicted molar refractivity (Wildman–Crippen MR) is 59.6 cm³/mol. The predicted octanol–water partition coefficient (Wildman–Crippen LogP) is 3.16. The number of Topliss-reactive ketones (excluding diaryl/α,β-unsaturated/α-hetero) is 1. The normalized spacial score (nSPS) is 21.0. The number of carbonyl (C=O) groups is 1. The van der Waals surface area contributed by atoms with Crippen molar-refractivity contribution in [2.45, 2.75) is 39.2 Å². The van der Waals surface area contributed by atoms with Gasteiger partial charge in [0.05, 0.1) is 5.56 Å². The van der Waals surface area contributed by atoms with Gasteiger partial charge in [-0.3, -0.25) is 4.79 Å². The van der Waals surface area contributed by atoms with Crippen molar-refractivity contribution in [1.82, 2.24) is 0 Å². The zero-order valence-electron chi connectivity index (χ0n) is 9.41. The molecule has 15 heavy (non-hydrogen) atoms. The molecule has 1 heterocycles. The summed E-state index contributed by atoms with van der Waals surface area (Å²) < 4.78 is 5.44. The molecule has 1 aromatic rings. The molecule has 0 aliphatic carbocycles. The largest absolute Gasteiger partial charge is 0.482 e. The van der Waals surface area contributed by atoms with Crippen LogP contribution in [0, 0.1) is 0 Å². The van der Waals surface area contributed by atoms with Crippen molar-refractivity contribution in [3.8, 4) is 5.75 Å². The number of ether oxygens (including phenoxy) is 1. The Labute approximate surface area is 90.3 Å². The van der Waals surface area contributed by atoms with Gasteiger partial charge in [-0.05, 0) is 37.0 Å². The van der Waals surface area contributed by atoms with Gasteiger partial charge in [-0.1, -0.05) is 19.9 Å². The van der Waals surface area contributed by atoms with Crippen LogP contribution in [0.3, 0.4) is 0 Å². The van der Waals surface area contributed by atoms with Gasteiger partial charge in [-0.25, -0.2) is 0 Å². The molecule has 2 unspecified atom stereocenters. The summed E-state index contributed by atoms with van der Waals surface area (Å²) >= 11 is 0. The molecule has 0 N–H and O–H groups in total. The Kier molecular flexibility index (Phi) is 2.51. The van der Waals surface area contributed by atoms with E-state index in [9.17, 15) is 4.79 Å². The highest BCUT2D eigenvalue weighted by atomic mass is 16.5. The van der Waals surface area contributed by atoms with E-state index in [4.69, 9.17) is 4.74 Å². The van der Waals surface area contributed by atoms with Crippen LogP contribution in [0.25, 0.3) is 0 Å². The fraction of sp³-hybridized carbons (Fsp3) is 0.462. The van der Waals surface area contributed by atoms with Crippen LogP contribution in [0.2, 0.25) is 0 Å². The van der Waals surface area contributed by atoms with Crippen molar-refractivity contribution in [3.63, 3.8) is 0 Å². The lowest BCUT2D eigenvalue weighted by atomic mass is 9.95. The van der Waals surface area contributed by atoms with E-state index in [2.05, 4.69) is 19.9 Å². The van der Waals surface area contributed by atoms with Gasteiger partial charge >= 0.3 is 0 Å². The Balaban J connectivity index is 2.39. The van der Waals surface area contributed by atoms with Crippen molar-refractivity contribution >= 4 is 5.78 Å². The maximum atomic E-state index is 11.7. The van der Waals surface area contributed by atoms with Crippen molar-refractivity contribution in [3.05, 3.63) is 29.3 Å². The van der Waals surface area contributed by atoms with Gasteiger partial charge in [0.25, 0.3) is 0 Å². The fourth-order valence-corrected chi connectivity index (χ4v) is 1.85. The van der Waals surface area contributed by atoms with Crippen LogP contribution >= 0.6 is 0 Å². The minimum Gasteiger partial charge on any atom is -0.482 e. The summed E-state index contributed by atoms with van der Waals surface area (Å²) in [6, 6.07) is 5.95. The summed E-state index contributed by atoms with van der Waals surface area (Å²) in [6.45, 7) is 6.12. The zero-order chi connectivity index (χ0) is 11.0. The van der Waals surface area contributed by atoms with Gasteiger partial charge in [-0.2, -0.15) is 0 Å². The molecule has 0 amide bonds. The molecule has 0 saturated heterocycles. The molecule has 0 saturated carbocycles. The lowest BCUT2D eigenvalue weighted by molar-refractivity contribution is 0.0878. The molecular formula is C13H16O2. The van der Waals surface area contributed by atoms with E-state index in [1.807, 2.05) is 12.1 Å². The van der Waals surface area contributed by atoms with Crippen LogP contribution in [-0.4, -0.2) is 11.9 Å². The summed E-state index contributed by atoms with van der Waals surface area (Å²) in [6.07, 6.45) is 0.774. The minimum absolute atomic E-state index is 0.107. The standard InChI is InChI=1S/C13H16O2/c1-4-8(2)10-5-6-12-11(7-10)13(14)9(3)15-12/h5-9H,4H2,1-3H3. The molecular weight excluding hydrogens is 188 g/mol. The number of rotatable bonds is 2. The van der Waals surface area contributed by atoms with Crippen molar-refractivity contribution in [2.24, 2.45) is 0 Å². The first-order chi connectivity index (χ1) is 7.13. The highest BCUT2D eigenvalue weighted by Crippen LogP contribution is 2.32. The van der Waals surface area contributed by atoms with Gasteiger partial charge in [0.1, 0.15) is 5.75 Å². The van der Waals surface area contributed by atoms with Crippen molar-refractivity contribution in [2.75, 3.05) is 0 Å². The fourth-order valence-electron chi connectivity index (χ4n) is 1.85. The number of hydrogen-bond acceptors (Lipinski definition) is 2. The molecule has 1 aromatic carbocycles. The van der Waals surface area contributed by atoms with E-state index in [1.165, 1.54) is 5.56 Å². The third-order valence-electron chi connectivity index (χ3n) is 3.12. The summed E-state index contributed by atoms with van der Waals surface area (Å²) in [4.78, 5) is 11.7. The first-order valence-corrected chi connectivity index (χ1v) is 5.48. The average molecular weight is 204 g/mol. The maximum Gasteiger partial charge on any atom is 0.206 e. The Hall–Kier alpha value is -1.31. The molecule has 0 bridgehead atoms. The molecule has 2 heteroatoms. The number of carbonyl (C=O) groups excluding carboxylic acids is 1. The van der Waals surface area contributed by atoms with Gasteiger partial charge < -0.3 is 4.74 Å². The molecule has 2 rings (SSSR count). The number of benzene rings is 1. The Bertz CT molecular complexity index is 396. The van der Waals surface area contributed by atoms with E-state index in [0.29, 0.717) is 5.92 Å². The van der Waals surface area contributed by atoms with Crippen LogP contribution in [-0.2, 0) is 0 Å². The van der Waals surface area contributed by atoms with E-state index in [-0.39, 0.29) is 11.9 Å². The molecule has 0 spiro atoms. The summed E-state index contributed by atoms with van der Waals surface area (Å²) in [5.41, 5.74) is 1.97. The number of ketones is 1. The second-order valence-corrected chi connectivity index (χ2v) is 4.19. The smallest absolute Gasteiger partial charge is 0.206 e. The summed E-state index contributed by atoms with van der Waals surface area (Å²) in [7, 11) is 0. The molecule has 1 aliphatic rings. The molecule has 0 fully saturated rings. The topological polar surface area (TPSA) is 26.3 Å². The van der Waals surface area contributed by atoms with Gasteiger partial charge in [0.15, 0.2) is 6.10 Å². The van der Waals surface area contributed by atoms with Crippen LogP contribution in [0.5, 0.6) is 5.75 Å². The van der Waals surface area contributed by atoms with Crippen LogP contribution in [0.4, 0.5) is 0 Å². The second kappa shape index (κ2) is 3.69. The van der Waals surface area contributed by atoms with E-state index in [1.54, 1.807) is 6.92 Å². The molecule has 80 valence electrons. The van der Waals surface area contributed by atoms with E-state index in [0.717, 1.165) is 17.7 Å². The highest BCUT2D eigenvalue weighted by Gasteiger charge is 2.28. The first-order valence-electron chi connectivity index (χ1n) is 5.48. The third kappa shape index (κ3) is 1.65. The van der Waals surface area contributed by atoms with Gasteiger partial charge in [0, 0.05) is 0 Å². The van der Waals surface area contributed by atoms with Crippen molar-refractivity contribution < 1.29 is 9.53 Å². The Morgan fingerprint density at radius 1 is 1.47 bits per heavy atom. The Morgan fingerprint density at radius 3 is 2.87 bits per heavy atom. The summed E-state index contributed by atoms with van der Waals surface area (Å²) in [5.74, 6) is 1.34. The Morgan fingerprint density at radius 2 is 2.20 bits per heavy atom. The molecule has 0 aromatic heterocycles. The number of hydrogen-bond donors (Lipinski definition) is 0. The first kappa shape index (κ1) is 10.2. The SMILES string of the molecule is CCC(C)c1ccc2c(c1)C(=O)C(C)O2. The molecule has 2 nitrogen and oxygen atoms in total. The quantitative estimate of drug-likeness (QED) is 0.739.